The lowest BCUT2D eigenvalue weighted by atomic mass is 10.1. The first-order chi connectivity index (χ1) is 10.3. The van der Waals surface area contributed by atoms with E-state index in [9.17, 15) is 0 Å². The molecule has 0 atom stereocenters. The molecule has 0 radical (unpaired) electrons. The number of aromatic nitrogens is 2. The van der Waals surface area contributed by atoms with Gasteiger partial charge >= 0.3 is 0 Å². The zero-order valence-electron chi connectivity index (χ0n) is 11.7. The van der Waals surface area contributed by atoms with Gasteiger partial charge in [0.05, 0.1) is 22.9 Å². The molecule has 6 heteroatoms. The minimum Gasteiger partial charge on any atom is -0.371 e. The molecule has 21 heavy (non-hydrogen) atoms. The molecule has 0 aliphatic carbocycles. The van der Waals surface area contributed by atoms with Crippen molar-refractivity contribution in [1.29, 1.82) is 0 Å². The second kappa shape index (κ2) is 4.93. The van der Waals surface area contributed by atoms with Gasteiger partial charge in [0.2, 0.25) is 0 Å². The quantitative estimate of drug-likeness (QED) is 0.673. The van der Waals surface area contributed by atoms with Crippen molar-refractivity contribution in [2.45, 2.75) is 5.88 Å². The molecule has 3 heterocycles. The van der Waals surface area contributed by atoms with Crippen LogP contribution >= 0.6 is 22.9 Å². The maximum Gasteiger partial charge on any atom is 0.195 e. The Morgan fingerprint density at radius 3 is 2.86 bits per heavy atom. The first kappa shape index (κ1) is 13.0. The van der Waals surface area contributed by atoms with Crippen LogP contribution in [0.3, 0.4) is 0 Å². The van der Waals surface area contributed by atoms with Crippen molar-refractivity contribution in [3.05, 3.63) is 41.5 Å². The van der Waals surface area contributed by atoms with E-state index in [0.29, 0.717) is 5.88 Å². The molecule has 3 aromatic rings. The highest BCUT2D eigenvalue weighted by Gasteiger charge is 2.25. The van der Waals surface area contributed by atoms with Crippen LogP contribution in [-0.4, -0.2) is 29.5 Å². The first-order valence-electron chi connectivity index (χ1n) is 6.87. The molecule has 1 aliphatic rings. The molecule has 0 saturated heterocycles. The second-order valence-corrected chi connectivity index (χ2v) is 6.27. The number of benzene rings is 1. The number of nitrogens with zero attached hydrogens (tertiary/aromatic N) is 4. The summed E-state index contributed by atoms with van der Waals surface area (Å²) in [6, 6.07) is 8.45. The molecule has 0 unspecified atom stereocenters. The number of hydrogen-bond donors (Lipinski definition) is 0. The summed E-state index contributed by atoms with van der Waals surface area (Å²) in [6.45, 7) is 1.89. The van der Waals surface area contributed by atoms with Gasteiger partial charge in [-0.1, -0.05) is 12.1 Å². The third-order valence-electron chi connectivity index (χ3n) is 3.96. The number of likely N-dealkylation sites (N-methyl/N-ethyl adjacent to an activating group) is 1. The first-order valence-corrected chi connectivity index (χ1v) is 8.29. The summed E-state index contributed by atoms with van der Waals surface area (Å²) in [6.07, 6.45) is 2.04. The Morgan fingerprint density at radius 1 is 1.24 bits per heavy atom. The van der Waals surface area contributed by atoms with Crippen LogP contribution in [-0.2, 0) is 5.88 Å². The Bertz CT molecular complexity index is 794. The maximum absolute atomic E-state index is 6.19. The van der Waals surface area contributed by atoms with Crippen LogP contribution in [0.4, 0.5) is 17.2 Å². The minimum atomic E-state index is 0.460. The van der Waals surface area contributed by atoms with Gasteiger partial charge < -0.3 is 9.80 Å². The lowest BCUT2D eigenvalue weighted by Gasteiger charge is -2.36. The molecule has 0 fully saturated rings. The van der Waals surface area contributed by atoms with Crippen LogP contribution in [0.5, 0.6) is 0 Å². The van der Waals surface area contributed by atoms with E-state index >= 15 is 0 Å². The summed E-state index contributed by atoms with van der Waals surface area (Å²) >= 11 is 7.83. The number of halogens is 1. The average molecular weight is 319 g/mol. The third kappa shape index (κ3) is 1.92. The van der Waals surface area contributed by atoms with Crippen LogP contribution in [0.2, 0.25) is 0 Å². The van der Waals surface area contributed by atoms with Crippen molar-refractivity contribution in [2.75, 3.05) is 29.9 Å². The molecule has 1 aliphatic heterocycles. The monoisotopic (exact) mass is 318 g/mol. The molecule has 0 bridgehead atoms. The highest BCUT2D eigenvalue weighted by molar-refractivity contribution is 7.15. The van der Waals surface area contributed by atoms with E-state index in [1.807, 2.05) is 11.6 Å². The van der Waals surface area contributed by atoms with Crippen molar-refractivity contribution in [1.82, 2.24) is 9.38 Å². The highest BCUT2D eigenvalue weighted by atomic mass is 35.5. The lowest BCUT2D eigenvalue weighted by Crippen LogP contribution is -2.36. The molecule has 1 aromatic carbocycles. The van der Waals surface area contributed by atoms with Crippen molar-refractivity contribution in [2.24, 2.45) is 0 Å². The minimum absolute atomic E-state index is 0.460. The SMILES string of the molecule is CN1CCN(c2nc3sccn3c2CCl)c2ccccc21. The molecule has 0 amide bonds. The van der Waals surface area contributed by atoms with Gasteiger partial charge in [-0.3, -0.25) is 4.40 Å². The highest BCUT2D eigenvalue weighted by Crippen LogP contribution is 2.38. The molecular weight excluding hydrogens is 304 g/mol. The number of alkyl halides is 1. The average Bonchev–Trinajstić information content (AvgIpc) is 3.08. The Hall–Kier alpha value is -1.72. The number of hydrogen-bond acceptors (Lipinski definition) is 4. The fraction of sp³-hybridized carbons (Fsp3) is 0.267. The van der Waals surface area contributed by atoms with Crippen LogP contribution in [0, 0.1) is 0 Å². The van der Waals surface area contributed by atoms with E-state index in [1.165, 1.54) is 11.4 Å². The summed E-state index contributed by atoms with van der Waals surface area (Å²) in [7, 11) is 2.13. The summed E-state index contributed by atoms with van der Waals surface area (Å²) < 4.78 is 2.09. The van der Waals surface area contributed by atoms with Gasteiger partial charge in [-0.25, -0.2) is 4.98 Å². The molecule has 0 N–H and O–H groups in total. The Kier molecular flexibility index (Phi) is 3.05. The van der Waals surface area contributed by atoms with Gasteiger partial charge in [-0.2, -0.15) is 0 Å². The van der Waals surface area contributed by atoms with Crippen LogP contribution in [0.1, 0.15) is 5.69 Å². The van der Waals surface area contributed by atoms with Crippen molar-refractivity contribution in [3.63, 3.8) is 0 Å². The number of imidazole rings is 1. The summed E-state index contributed by atoms with van der Waals surface area (Å²) in [5.41, 5.74) is 3.50. The second-order valence-electron chi connectivity index (χ2n) is 5.13. The zero-order chi connectivity index (χ0) is 14.4. The molecule has 0 spiro atoms. The molecule has 2 aromatic heterocycles. The number of anilines is 3. The summed E-state index contributed by atoms with van der Waals surface area (Å²) in [5, 5.41) is 2.04. The van der Waals surface area contributed by atoms with Gasteiger partial charge in [-0.15, -0.1) is 22.9 Å². The maximum atomic E-state index is 6.19. The number of fused-ring (bicyclic) bond motifs is 2. The van der Waals surface area contributed by atoms with Gasteiger partial charge in [0, 0.05) is 31.7 Å². The smallest absolute Gasteiger partial charge is 0.195 e. The van der Waals surface area contributed by atoms with Crippen LogP contribution in [0.25, 0.3) is 4.96 Å². The Balaban J connectivity index is 1.89. The fourth-order valence-electron chi connectivity index (χ4n) is 2.89. The predicted molar refractivity (Wildman–Crippen MR) is 89.3 cm³/mol. The zero-order valence-corrected chi connectivity index (χ0v) is 13.2. The number of rotatable bonds is 2. The molecule has 0 saturated carbocycles. The Morgan fingerprint density at radius 2 is 2.05 bits per heavy atom. The van der Waals surface area contributed by atoms with E-state index in [0.717, 1.165) is 29.6 Å². The van der Waals surface area contributed by atoms with E-state index in [4.69, 9.17) is 16.6 Å². The van der Waals surface area contributed by atoms with Crippen LogP contribution in [0.15, 0.2) is 35.8 Å². The molecule has 4 nitrogen and oxygen atoms in total. The molecule has 108 valence electrons. The van der Waals surface area contributed by atoms with Crippen LogP contribution < -0.4 is 9.80 Å². The fourth-order valence-corrected chi connectivity index (χ4v) is 3.86. The van der Waals surface area contributed by atoms with E-state index in [-0.39, 0.29) is 0 Å². The van der Waals surface area contributed by atoms with E-state index < -0.39 is 0 Å². The topological polar surface area (TPSA) is 23.8 Å². The van der Waals surface area contributed by atoms with Gasteiger partial charge in [-0.05, 0) is 12.1 Å². The predicted octanol–water partition coefficient (Wildman–Crippen LogP) is 3.72. The number of para-hydroxylation sites is 2. The summed E-state index contributed by atoms with van der Waals surface area (Å²) in [5.74, 6) is 1.44. The molecular formula is C15H15ClN4S. The Labute approximate surface area is 132 Å². The normalized spacial score (nSPS) is 14.8. The van der Waals surface area contributed by atoms with Crippen molar-refractivity contribution >= 4 is 45.1 Å². The van der Waals surface area contributed by atoms with E-state index in [2.05, 4.69) is 45.5 Å². The van der Waals surface area contributed by atoms with Gasteiger partial charge in [0.25, 0.3) is 0 Å². The number of thiazole rings is 1. The largest absolute Gasteiger partial charge is 0.371 e. The lowest BCUT2D eigenvalue weighted by molar-refractivity contribution is 0.812. The summed E-state index contributed by atoms with van der Waals surface area (Å²) in [4.78, 5) is 10.4. The van der Waals surface area contributed by atoms with Gasteiger partial charge in [0.1, 0.15) is 0 Å². The standard InChI is InChI=1S/C15H15ClN4S/c1-18-6-7-19(12-5-3-2-4-11(12)18)14-13(10-16)20-8-9-21-15(20)17-14/h2-5,8-9H,6-7,10H2,1H3. The van der Waals surface area contributed by atoms with E-state index in [1.54, 1.807) is 11.3 Å². The van der Waals surface area contributed by atoms with Gasteiger partial charge in [0.15, 0.2) is 10.8 Å². The third-order valence-corrected chi connectivity index (χ3v) is 4.97. The van der Waals surface area contributed by atoms with Crippen molar-refractivity contribution in [3.8, 4) is 0 Å². The molecule has 4 rings (SSSR count). The van der Waals surface area contributed by atoms with Crippen molar-refractivity contribution < 1.29 is 0 Å².